The first kappa shape index (κ1) is 14.0. The lowest BCUT2D eigenvalue weighted by atomic mass is 9.99. The van der Waals surface area contributed by atoms with E-state index in [-0.39, 0.29) is 11.6 Å². The highest BCUT2D eigenvalue weighted by atomic mass is 16.5. The number of methoxy groups -OCH3 is 1. The van der Waals surface area contributed by atoms with E-state index < -0.39 is 0 Å². The number of hydrogen-bond acceptors (Lipinski definition) is 3. The molecule has 0 aliphatic rings. The highest BCUT2D eigenvalue weighted by Crippen LogP contribution is 2.24. The van der Waals surface area contributed by atoms with E-state index in [2.05, 4.69) is 32.2 Å². The van der Waals surface area contributed by atoms with Crippen LogP contribution in [0.5, 0.6) is 5.75 Å². The molecule has 1 aromatic rings. The molecule has 3 N–H and O–H groups in total. The Bertz CT molecular complexity index is 350. The minimum atomic E-state index is -0.156. The SMILES string of the molecule is CCC(C)(N)CN[C@@H](C)c1ccccc1OC. The second-order valence-electron chi connectivity index (χ2n) is 4.85. The average Bonchev–Trinajstić information content (AvgIpc) is 2.36. The second-order valence-corrected chi connectivity index (χ2v) is 4.85. The molecule has 17 heavy (non-hydrogen) atoms. The average molecular weight is 236 g/mol. The van der Waals surface area contributed by atoms with Crippen molar-refractivity contribution in [3.05, 3.63) is 29.8 Å². The molecule has 2 atom stereocenters. The van der Waals surface area contributed by atoms with Gasteiger partial charge in [0.15, 0.2) is 0 Å². The maximum Gasteiger partial charge on any atom is 0.123 e. The van der Waals surface area contributed by atoms with Gasteiger partial charge in [-0.2, -0.15) is 0 Å². The Morgan fingerprint density at radius 2 is 2.06 bits per heavy atom. The lowest BCUT2D eigenvalue weighted by Gasteiger charge is -2.26. The predicted octanol–water partition coefficient (Wildman–Crippen LogP) is 2.47. The van der Waals surface area contributed by atoms with E-state index in [0.717, 1.165) is 18.7 Å². The number of rotatable bonds is 6. The third-order valence-electron chi connectivity index (χ3n) is 3.23. The summed E-state index contributed by atoms with van der Waals surface area (Å²) in [4.78, 5) is 0. The van der Waals surface area contributed by atoms with E-state index in [1.165, 1.54) is 5.56 Å². The summed E-state index contributed by atoms with van der Waals surface area (Å²) in [5.41, 5.74) is 7.13. The Morgan fingerprint density at radius 1 is 1.41 bits per heavy atom. The molecule has 1 aromatic carbocycles. The molecular weight excluding hydrogens is 212 g/mol. The summed E-state index contributed by atoms with van der Waals surface area (Å²) in [5, 5.41) is 3.46. The van der Waals surface area contributed by atoms with Crippen molar-refractivity contribution in [2.24, 2.45) is 5.73 Å². The molecule has 96 valence electrons. The van der Waals surface area contributed by atoms with Gasteiger partial charge in [0, 0.05) is 23.7 Å². The predicted molar refractivity (Wildman–Crippen MR) is 72.3 cm³/mol. The first-order valence-electron chi connectivity index (χ1n) is 6.15. The topological polar surface area (TPSA) is 47.3 Å². The Hall–Kier alpha value is -1.06. The van der Waals surface area contributed by atoms with E-state index >= 15 is 0 Å². The van der Waals surface area contributed by atoms with Gasteiger partial charge in [-0.25, -0.2) is 0 Å². The molecular formula is C14H24N2O. The van der Waals surface area contributed by atoms with Gasteiger partial charge in [0.25, 0.3) is 0 Å². The van der Waals surface area contributed by atoms with Gasteiger partial charge >= 0.3 is 0 Å². The van der Waals surface area contributed by atoms with E-state index in [9.17, 15) is 0 Å². The van der Waals surface area contributed by atoms with Crippen LogP contribution < -0.4 is 15.8 Å². The van der Waals surface area contributed by atoms with Crippen LogP contribution in [0.2, 0.25) is 0 Å². The quantitative estimate of drug-likeness (QED) is 0.797. The fraction of sp³-hybridized carbons (Fsp3) is 0.571. The molecule has 0 saturated carbocycles. The van der Waals surface area contributed by atoms with E-state index in [0.29, 0.717) is 0 Å². The van der Waals surface area contributed by atoms with Crippen molar-refractivity contribution in [2.45, 2.75) is 38.8 Å². The molecule has 1 rings (SSSR count). The van der Waals surface area contributed by atoms with Crippen LogP contribution in [-0.4, -0.2) is 19.2 Å². The van der Waals surface area contributed by atoms with Crippen LogP contribution in [0, 0.1) is 0 Å². The first-order chi connectivity index (χ1) is 8.00. The van der Waals surface area contributed by atoms with Crippen LogP contribution in [0.25, 0.3) is 0 Å². The Kier molecular flexibility index (Phi) is 4.97. The van der Waals surface area contributed by atoms with Crippen LogP contribution >= 0.6 is 0 Å². The third-order valence-corrected chi connectivity index (χ3v) is 3.23. The van der Waals surface area contributed by atoms with Crippen LogP contribution in [0.15, 0.2) is 24.3 Å². The number of hydrogen-bond donors (Lipinski definition) is 2. The minimum Gasteiger partial charge on any atom is -0.496 e. The minimum absolute atomic E-state index is 0.156. The number of nitrogens with two attached hydrogens (primary N) is 1. The van der Waals surface area contributed by atoms with Crippen molar-refractivity contribution in [1.82, 2.24) is 5.32 Å². The highest BCUT2D eigenvalue weighted by molar-refractivity contribution is 5.35. The van der Waals surface area contributed by atoms with Gasteiger partial charge in [-0.05, 0) is 26.3 Å². The lowest BCUT2D eigenvalue weighted by molar-refractivity contribution is 0.377. The third kappa shape index (κ3) is 4.02. The van der Waals surface area contributed by atoms with Crippen molar-refractivity contribution in [3.63, 3.8) is 0 Å². The van der Waals surface area contributed by atoms with Gasteiger partial charge in [-0.15, -0.1) is 0 Å². The molecule has 0 aromatic heterocycles. The standard InChI is InChI=1S/C14H24N2O/c1-5-14(3,15)10-16-11(2)12-8-6-7-9-13(12)17-4/h6-9,11,16H,5,10,15H2,1-4H3/t11-,14?/m0/s1. The van der Waals surface area contributed by atoms with Crippen molar-refractivity contribution in [1.29, 1.82) is 0 Å². The second kappa shape index (κ2) is 6.03. The molecule has 0 aliphatic heterocycles. The van der Waals surface area contributed by atoms with Crippen molar-refractivity contribution in [3.8, 4) is 5.75 Å². The Morgan fingerprint density at radius 3 is 2.65 bits per heavy atom. The molecule has 0 aliphatic carbocycles. The van der Waals surface area contributed by atoms with Crippen molar-refractivity contribution >= 4 is 0 Å². The van der Waals surface area contributed by atoms with Gasteiger partial charge in [0.2, 0.25) is 0 Å². The normalized spacial score (nSPS) is 16.3. The number of benzene rings is 1. The van der Waals surface area contributed by atoms with Crippen LogP contribution in [0.3, 0.4) is 0 Å². The van der Waals surface area contributed by atoms with Gasteiger partial charge in [-0.1, -0.05) is 25.1 Å². The lowest BCUT2D eigenvalue weighted by Crippen LogP contribution is -2.46. The summed E-state index contributed by atoms with van der Waals surface area (Å²) >= 11 is 0. The first-order valence-corrected chi connectivity index (χ1v) is 6.15. The molecule has 3 heteroatoms. The fourth-order valence-corrected chi connectivity index (χ4v) is 1.65. The van der Waals surface area contributed by atoms with Gasteiger partial charge in [0.1, 0.15) is 5.75 Å². The van der Waals surface area contributed by atoms with Crippen LogP contribution in [0.4, 0.5) is 0 Å². The van der Waals surface area contributed by atoms with Gasteiger partial charge in [-0.3, -0.25) is 0 Å². The summed E-state index contributed by atoms with van der Waals surface area (Å²) in [5.74, 6) is 0.919. The molecule has 0 fully saturated rings. The summed E-state index contributed by atoms with van der Waals surface area (Å²) in [6.45, 7) is 7.09. The summed E-state index contributed by atoms with van der Waals surface area (Å²) in [6, 6.07) is 8.30. The number of nitrogens with one attached hydrogen (secondary N) is 1. The van der Waals surface area contributed by atoms with Crippen LogP contribution in [0.1, 0.15) is 38.8 Å². The molecule has 1 unspecified atom stereocenters. The van der Waals surface area contributed by atoms with E-state index in [1.54, 1.807) is 7.11 Å². The zero-order chi connectivity index (χ0) is 12.9. The molecule has 0 bridgehead atoms. The number of para-hydroxylation sites is 1. The highest BCUT2D eigenvalue weighted by Gasteiger charge is 2.18. The van der Waals surface area contributed by atoms with Crippen LogP contribution in [-0.2, 0) is 0 Å². The molecule has 0 heterocycles. The maximum atomic E-state index is 6.12. The van der Waals surface area contributed by atoms with E-state index in [4.69, 9.17) is 10.5 Å². The molecule has 0 spiro atoms. The summed E-state index contributed by atoms with van der Waals surface area (Å²) in [7, 11) is 1.70. The monoisotopic (exact) mass is 236 g/mol. The molecule has 0 saturated heterocycles. The Balaban J connectivity index is 2.67. The molecule has 3 nitrogen and oxygen atoms in total. The number of ether oxygens (including phenoxy) is 1. The fourth-order valence-electron chi connectivity index (χ4n) is 1.65. The Labute approximate surface area is 104 Å². The summed E-state index contributed by atoms with van der Waals surface area (Å²) in [6.07, 6.45) is 0.957. The van der Waals surface area contributed by atoms with Gasteiger partial charge in [0.05, 0.1) is 7.11 Å². The van der Waals surface area contributed by atoms with Crippen molar-refractivity contribution < 1.29 is 4.74 Å². The molecule has 0 radical (unpaired) electrons. The smallest absolute Gasteiger partial charge is 0.123 e. The van der Waals surface area contributed by atoms with E-state index in [1.807, 2.05) is 18.2 Å². The summed E-state index contributed by atoms with van der Waals surface area (Å²) < 4.78 is 5.35. The molecule has 0 amide bonds. The largest absolute Gasteiger partial charge is 0.496 e. The zero-order valence-corrected chi connectivity index (χ0v) is 11.3. The zero-order valence-electron chi connectivity index (χ0n) is 11.3. The maximum absolute atomic E-state index is 6.12. The van der Waals surface area contributed by atoms with Gasteiger partial charge < -0.3 is 15.8 Å². The van der Waals surface area contributed by atoms with Crippen molar-refractivity contribution in [2.75, 3.05) is 13.7 Å².